The molecule has 0 radical (unpaired) electrons. The molecule has 1 saturated heterocycles. The van der Waals surface area contributed by atoms with Crippen molar-refractivity contribution in [3.05, 3.63) is 30.1 Å². The van der Waals surface area contributed by atoms with E-state index >= 15 is 0 Å². The molecule has 1 aromatic rings. The first-order valence-corrected chi connectivity index (χ1v) is 8.11. The van der Waals surface area contributed by atoms with E-state index < -0.39 is 0 Å². The van der Waals surface area contributed by atoms with Crippen LogP contribution in [-0.2, 0) is 4.79 Å². The van der Waals surface area contributed by atoms with Crippen molar-refractivity contribution < 1.29 is 9.18 Å². The quantitative estimate of drug-likeness (QED) is 0.664. The van der Waals surface area contributed by atoms with E-state index in [2.05, 4.69) is 20.5 Å². The van der Waals surface area contributed by atoms with Gasteiger partial charge in [0, 0.05) is 25.8 Å². The predicted molar refractivity (Wildman–Crippen MR) is 88.9 cm³/mol. The maximum atomic E-state index is 13.1. The third-order valence-electron chi connectivity index (χ3n) is 4.88. The average Bonchev–Trinajstić information content (AvgIpc) is 2.93. The van der Waals surface area contributed by atoms with E-state index in [0.717, 1.165) is 19.0 Å². The second-order valence-electron chi connectivity index (χ2n) is 6.48. The molecular weight excluding hydrogens is 295 g/mol. The Morgan fingerprint density at radius 2 is 2.22 bits per heavy atom. The average molecular weight is 318 g/mol. The van der Waals surface area contributed by atoms with Crippen molar-refractivity contribution in [2.24, 2.45) is 10.4 Å². The summed E-state index contributed by atoms with van der Waals surface area (Å²) in [5.74, 6) is 0.187. The van der Waals surface area contributed by atoms with Gasteiger partial charge in [0.1, 0.15) is 5.82 Å². The number of rotatable bonds is 3. The van der Waals surface area contributed by atoms with E-state index in [0.29, 0.717) is 11.1 Å². The van der Waals surface area contributed by atoms with Gasteiger partial charge in [0.15, 0.2) is 5.96 Å². The van der Waals surface area contributed by atoms with Gasteiger partial charge in [0.25, 0.3) is 0 Å². The summed E-state index contributed by atoms with van der Waals surface area (Å²) in [6, 6.07) is 5.88. The van der Waals surface area contributed by atoms with Crippen molar-refractivity contribution in [1.29, 1.82) is 0 Å². The standard InChI is InChI=1S/C17H23FN4O/c1-19-16(22-9-8-17(12-22)6-3-7-17)20-11-15(23)21-14-5-2-4-13(18)10-14/h2,4-5,10H,3,6-9,11-12H2,1H3,(H,19,20)(H,21,23). The number of carbonyl (C=O) groups is 1. The summed E-state index contributed by atoms with van der Waals surface area (Å²) in [6.45, 7) is 2.13. The van der Waals surface area contributed by atoms with E-state index in [1.54, 1.807) is 19.2 Å². The molecule has 1 aliphatic carbocycles. The number of benzene rings is 1. The van der Waals surface area contributed by atoms with Gasteiger partial charge in [-0.15, -0.1) is 0 Å². The van der Waals surface area contributed by atoms with Gasteiger partial charge in [-0.2, -0.15) is 0 Å². The number of anilines is 1. The molecule has 2 fully saturated rings. The number of aliphatic imine (C=N–C) groups is 1. The van der Waals surface area contributed by atoms with Crippen LogP contribution in [0, 0.1) is 11.2 Å². The number of nitrogens with zero attached hydrogens (tertiary/aromatic N) is 2. The van der Waals surface area contributed by atoms with Gasteiger partial charge in [0.2, 0.25) is 5.91 Å². The molecule has 1 amide bonds. The minimum Gasteiger partial charge on any atom is -0.347 e. The fourth-order valence-electron chi connectivity index (χ4n) is 3.46. The van der Waals surface area contributed by atoms with Gasteiger partial charge in [-0.05, 0) is 42.9 Å². The summed E-state index contributed by atoms with van der Waals surface area (Å²) in [7, 11) is 1.73. The van der Waals surface area contributed by atoms with Crippen LogP contribution < -0.4 is 10.6 Å². The Hall–Kier alpha value is -2.11. The number of amides is 1. The highest BCUT2D eigenvalue weighted by Gasteiger charge is 2.43. The topological polar surface area (TPSA) is 56.7 Å². The molecule has 1 aromatic carbocycles. The lowest BCUT2D eigenvalue weighted by Crippen LogP contribution is -2.44. The highest BCUT2D eigenvalue weighted by Crippen LogP contribution is 2.47. The first-order valence-electron chi connectivity index (χ1n) is 8.11. The lowest BCUT2D eigenvalue weighted by Gasteiger charge is -2.38. The molecule has 0 aromatic heterocycles. The van der Waals surface area contributed by atoms with Crippen LogP contribution in [-0.4, -0.2) is 43.4 Å². The number of hydrogen-bond donors (Lipinski definition) is 2. The fourth-order valence-corrected chi connectivity index (χ4v) is 3.46. The first-order chi connectivity index (χ1) is 11.1. The lowest BCUT2D eigenvalue weighted by molar-refractivity contribution is -0.115. The Balaban J connectivity index is 1.49. The third kappa shape index (κ3) is 3.63. The summed E-state index contributed by atoms with van der Waals surface area (Å²) >= 11 is 0. The molecule has 0 bridgehead atoms. The maximum absolute atomic E-state index is 13.1. The van der Waals surface area contributed by atoms with Gasteiger partial charge in [0.05, 0.1) is 6.54 Å². The second kappa shape index (κ2) is 6.56. The van der Waals surface area contributed by atoms with Crippen molar-refractivity contribution in [1.82, 2.24) is 10.2 Å². The SMILES string of the molecule is CN=C(NCC(=O)Nc1cccc(F)c1)N1CCC2(CCC2)C1. The van der Waals surface area contributed by atoms with E-state index in [1.807, 2.05) is 0 Å². The van der Waals surface area contributed by atoms with Crippen LogP contribution in [0.4, 0.5) is 10.1 Å². The molecule has 1 saturated carbocycles. The zero-order chi connectivity index (χ0) is 16.3. The molecule has 6 heteroatoms. The van der Waals surface area contributed by atoms with E-state index in [-0.39, 0.29) is 18.3 Å². The number of guanidine groups is 1. The van der Waals surface area contributed by atoms with Gasteiger partial charge >= 0.3 is 0 Å². The summed E-state index contributed by atoms with van der Waals surface area (Å²) < 4.78 is 13.1. The van der Waals surface area contributed by atoms with Crippen LogP contribution in [0.5, 0.6) is 0 Å². The fraction of sp³-hybridized carbons (Fsp3) is 0.529. The first kappa shape index (κ1) is 15.8. The number of carbonyl (C=O) groups excluding carboxylic acids is 1. The van der Waals surface area contributed by atoms with Crippen LogP contribution in [0.3, 0.4) is 0 Å². The van der Waals surface area contributed by atoms with Gasteiger partial charge in [-0.25, -0.2) is 4.39 Å². The Bertz CT molecular complexity index is 612. The highest BCUT2D eigenvalue weighted by molar-refractivity contribution is 5.95. The largest absolute Gasteiger partial charge is 0.347 e. The zero-order valence-electron chi connectivity index (χ0n) is 13.4. The molecular formula is C17H23FN4O. The number of likely N-dealkylation sites (tertiary alicyclic amines) is 1. The lowest BCUT2D eigenvalue weighted by atomic mass is 9.68. The van der Waals surface area contributed by atoms with Crippen molar-refractivity contribution in [3.63, 3.8) is 0 Å². The van der Waals surface area contributed by atoms with Crippen LogP contribution >= 0.6 is 0 Å². The van der Waals surface area contributed by atoms with Crippen molar-refractivity contribution in [2.45, 2.75) is 25.7 Å². The van der Waals surface area contributed by atoms with Gasteiger partial charge in [-0.1, -0.05) is 12.5 Å². The number of halogens is 1. The minimum absolute atomic E-state index is 0.118. The molecule has 124 valence electrons. The van der Waals surface area contributed by atoms with Crippen molar-refractivity contribution in [2.75, 3.05) is 32.0 Å². The van der Waals surface area contributed by atoms with Gasteiger partial charge in [-0.3, -0.25) is 9.79 Å². The molecule has 2 N–H and O–H groups in total. The summed E-state index contributed by atoms with van der Waals surface area (Å²) in [6.07, 6.45) is 5.15. The molecule has 1 heterocycles. The highest BCUT2D eigenvalue weighted by atomic mass is 19.1. The van der Waals surface area contributed by atoms with Gasteiger partial charge < -0.3 is 15.5 Å². The molecule has 1 spiro atoms. The zero-order valence-corrected chi connectivity index (χ0v) is 13.4. The molecule has 0 unspecified atom stereocenters. The Labute approximate surface area is 136 Å². The van der Waals surface area contributed by atoms with Crippen LogP contribution in [0.15, 0.2) is 29.3 Å². The third-order valence-corrected chi connectivity index (χ3v) is 4.88. The monoisotopic (exact) mass is 318 g/mol. The van der Waals surface area contributed by atoms with Crippen molar-refractivity contribution in [3.8, 4) is 0 Å². The molecule has 2 aliphatic rings. The van der Waals surface area contributed by atoms with E-state index in [1.165, 1.54) is 37.8 Å². The molecule has 0 atom stereocenters. The number of nitrogens with one attached hydrogen (secondary N) is 2. The van der Waals surface area contributed by atoms with Crippen molar-refractivity contribution >= 4 is 17.6 Å². The second-order valence-corrected chi connectivity index (χ2v) is 6.48. The molecule has 3 rings (SSSR count). The van der Waals surface area contributed by atoms with Crippen LogP contribution in [0.2, 0.25) is 0 Å². The summed E-state index contributed by atoms with van der Waals surface area (Å²) in [5.41, 5.74) is 0.947. The normalized spacial score (nSPS) is 19.6. The van der Waals surface area contributed by atoms with Crippen LogP contribution in [0.1, 0.15) is 25.7 Å². The van der Waals surface area contributed by atoms with E-state index in [4.69, 9.17) is 0 Å². The predicted octanol–water partition coefficient (Wildman–Crippen LogP) is 2.22. The minimum atomic E-state index is -0.366. The maximum Gasteiger partial charge on any atom is 0.243 e. The Morgan fingerprint density at radius 1 is 1.39 bits per heavy atom. The van der Waals surface area contributed by atoms with Crippen LogP contribution in [0.25, 0.3) is 0 Å². The molecule has 1 aliphatic heterocycles. The Morgan fingerprint density at radius 3 is 2.83 bits per heavy atom. The molecule has 5 nitrogen and oxygen atoms in total. The summed E-state index contributed by atoms with van der Waals surface area (Å²) in [4.78, 5) is 18.5. The Kier molecular flexibility index (Phi) is 4.50. The summed E-state index contributed by atoms with van der Waals surface area (Å²) in [5, 5.41) is 5.78. The van der Waals surface area contributed by atoms with E-state index in [9.17, 15) is 9.18 Å². The molecule has 23 heavy (non-hydrogen) atoms. The smallest absolute Gasteiger partial charge is 0.243 e. The number of hydrogen-bond acceptors (Lipinski definition) is 2.